The van der Waals surface area contributed by atoms with Crippen molar-refractivity contribution in [3.05, 3.63) is 94.5 Å². The van der Waals surface area contributed by atoms with Gasteiger partial charge in [-0.25, -0.2) is 8.42 Å². The Kier molecular flexibility index (Phi) is 6.95. The summed E-state index contributed by atoms with van der Waals surface area (Å²) in [6.07, 6.45) is 0. The Morgan fingerprint density at radius 3 is 2.23 bits per heavy atom. The minimum atomic E-state index is -3.92. The molecule has 0 saturated carbocycles. The Balaban J connectivity index is 1.92. The number of benzene rings is 3. The molecule has 7 heteroatoms. The maximum Gasteiger partial charge on any atom is 0.264 e. The lowest BCUT2D eigenvalue weighted by molar-refractivity contribution is -0.128. The number of sulfonamides is 1. The number of likely N-dealkylation sites (N-methyl/N-ethyl adjacent to an activating group) is 1. The highest BCUT2D eigenvalue weighted by Crippen LogP contribution is 2.26. The van der Waals surface area contributed by atoms with Crippen LogP contribution < -0.4 is 4.31 Å². The molecule has 3 rings (SSSR count). The smallest absolute Gasteiger partial charge is 0.264 e. The number of halogens is 1. The van der Waals surface area contributed by atoms with Crippen molar-refractivity contribution in [2.45, 2.75) is 18.4 Å². The molecule has 0 aromatic heterocycles. The lowest BCUT2D eigenvalue weighted by Crippen LogP contribution is -2.41. The molecular weight excluding hydrogens is 464 g/mol. The Morgan fingerprint density at radius 1 is 0.933 bits per heavy atom. The van der Waals surface area contributed by atoms with Gasteiger partial charge in [0.05, 0.1) is 10.6 Å². The summed E-state index contributed by atoms with van der Waals surface area (Å²) in [5.41, 5.74) is 2.36. The fourth-order valence-corrected chi connectivity index (χ4v) is 4.77. The molecule has 0 heterocycles. The fourth-order valence-electron chi connectivity index (χ4n) is 2.97. The molecule has 156 valence electrons. The molecule has 0 bridgehead atoms. The predicted molar refractivity (Wildman–Crippen MR) is 123 cm³/mol. The monoisotopic (exact) mass is 486 g/mol. The Bertz CT molecular complexity index is 1120. The molecule has 0 unspecified atom stereocenters. The summed E-state index contributed by atoms with van der Waals surface area (Å²) in [5.74, 6) is -0.297. The number of hydrogen-bond acceptors (Lipinski definition) is 3. The van der Waals surface area contributed by atoms with Crippen LogP contribution in [-0.2, 0) is 21.4 Å². The molecular formula is C23H23BrN2O3S. The average Bonchev–Trinajstić information content (AvgIpc) is 2.72. The van der Waals surface area contributed by atoms with Crippen molar-refractivity contribution in [3.8, 4) is 0 Å². The van der Waals surface area contributed by atoms with Crippen LogP contribution in [0.4, 0.5) is 5.69 Å². The van der Waals surface area contributed by atoms with Crippen molar-refractivity contribution in [2.75, 3.05) is 17.9 Å². The van der Waals surface area contributed by atoms with Gasteiger partial charge in [0.25, 0.3) is 10.0 Å². The average molecular weight is 487 g/mol. The molecule has 0 atom stereocenters. The van der Waals surface area contributed by atoms with Gasteiger partial charge in [0.15, 0.2) is 0 Å². The lowest BCUT2D eigenvalue weighted by atomic mass is 10.2. The number of hydrogen-bond donors (Lipinski definition) is 0. The second kappa shape index (κ2) is 9.45. The number of anilines is 1. The van der Waals surface area contributed by atoms with Crippen LogP contribution in [0.15, 0.2) is 88.2 Å². The van der Waals surface area contributed by atoms with Crippen molar-refractivity contribution in [3.63, 3.8) is 0 Å². The highest BCUT2D eigenvalue weighted by atomic mass is 79.9. The number of carbonyl (C=O) groups excluding carboxylic acids is 1. The van der Waals surface area contributed by atoms with Crippen LogP contribution in [0.2, 0.25) is 0 Å². The van der Waals surface area contributed by atoms with E-state index in [1.165, 1.54) is 4.90 Å². The molecule has 0 spiro atoms. The Labute approximate surface area is 186 Å². The number of nitrogens with zero attached hydrogens (tertiary/aromatic N) is 2. The van der Waals surface area contributed by atoms with E-state index in [1.54, 1.807) is 49.5 Å². The molecule has 0 radical (unpaired) electrons. The first-order valence-electron chi connectivity index (χ1n) is 9.40. The third-order valence-electron chi connectivity index (χ3n) is 4.67. The quantitative estimate of drug-likeness (QED) is 0.489. The van der Waals surface area contributed by atoms with Gasteiger partial charge in [-0.2, -0.15) is 0 Å². The number of amides is 1. The van der Waals surface area contributed by atoms with E-state index in [2.05, 4.69) is 15.9 Å². The topological polar surface area (TPSA) is 57.7 Å². The first-order chi connectivity index (χ1) is 14.3. The second-order valence-electron chi connectivity index (χ2n) is 7.04. The maximum atomic E-state index is 13.4. The summed E-state index contributed by atoms with van der Waals surface area (Å²) in [6, 6.07) is 23.1. The summed E-state index contributed by atoms with van der Waals surface area (Å²) < 4.78 is 28.7. The summed E-state index contributed by atoms with van der Waals surface area (Å²) in [4.78, 5) is 14.6. The highest BCUT2D eigenvalue weighted by molar-refractivity contribution is 9.10. The molecule has 3 aromatic carbocycles. The largest absolute Gasteiger partial charge is 0.340 e. The predicted octanol–water partition coefficient (Wildman–Crippen LogP) is 4.61. The first kappa shape index (κ1) is 22.1. The van der Waals surface area contributed by atoms with E-state index in [9.17, 15) is 13.2 Å². The molecule has 0 saturated heterocycles. The van der Waals surface area contributed by atoms with Crippen molar-refractivity contribution in [1.82, 2.24) is 4.90 Å². The minimum Gasteiger partial charge on any atom is -0.340 e. The molecule has 0 fully saturated rings. The molecule has 5 nitrogen and oxygen atoms in total. The fraction of sp³-hybridized carbons (Fsp3) is 0.174. The number of carbonyl (C=O) groups is 1. The second-order valence-corrected chi connectivity index (χ2v) is 9.82. The van der Waals surface area contributed by atoms with Crippen molar-refractivity contribution in [1.29, 1.82) is 0 Å². The summed E-state index contributed by atoms with van der Waals surface area (Å²) in [5, 5.41) is 0. The SMILES string of the molecule is Cc1ccc(S(=O)(=O)N(CC(=O)N(C)Cc2ccccc2)c2cccc(Br)c2)cc1. The van der Waals surface area contributed by atoms with E-state index in [0.29, 0.717) is 12.2 Å². The van der Waals surface area contributed by atoms with E-state index in [0.717, 1.165) is 19.9 Å². The van der Waals surface area contributed by atoms with Crippen LogP contribution in [0, 0.1) is 6.92 Å². The van der Waals surface area contributed by atoms with Crippen LogP contribution in [0.3, 0.4) is 0 Å². The summed E-state index contributed by atoms with van der Waals surface area (Å²) >= 11 is 3.39. The first-order valence-corrected chi connectivity index (χ1v) is 11.6. The van der Waals surface area contributed by atoms with Gasteiger partial charge in [-0.05, 0) is 42.8 Å². The van der Waals surface area contributed by atoms with Crippen LogP contribution in [-0.4, -0.2) is 32.8 Å². The zero-order chi connectivity index (χ0) is 21.7. The summed E-state index contributed by atoms with van der Waals surface area (Å²) in [7, 11) is -2.25. The minimum absolute atomic E-state index is 0.145. The zero-order valence-electron chi connectivity index (χ0n) is 16.8. The van der Waals surface area contributed by atoms with Gasteiger partial charge in [-0.3, -0.25) is 9.10 Å². The van der Waals surface area contributed by atoms with Crippen LogP contribution >= 0.6 is 15.9 Å². The van der Waals surface area contributed by atoms with Crippen molar-refractivity contribution < 1.29 is 13.2 Å². The molecule has 1 amide bonds. The molecule has 30 heavy (non-hydrogen) atoms. The summed E-state index contributed by atoms with van der Waals surface area (Å²) in [6.45, 7) is 2.00. The van der Waals surface area contributed by atoms with Crippen LogP contribution in [0.25, 0.3) is 0 Å². The van der Waals surface area contributed by atoms with Crippen molar-refractivity contribution >= 4 is 37.5 Å². The van der Waals surface area contributed by atoms with E-state index < -0.39 is 10.0 Å². The van der Waals surface area contributed by atoms with Gasteiger partial charge in [-0.15, -0.1) is 0 Å². The molecule has 0 N–H and O–H groups in total. The van der Waals surface area contributed by atoms with Gasteiger partial charge in [0, 0.05) is 18.1 Å². The Hall–Kier alpha value is -2.64. The van der Waals surface area contributed by atoms with E-state index in [4.69, 9.17) is 0 Å². The van der Waals surface area contributed by atoms with Gasteiger partial charge in [0.1, 0.15) is 6.54 Å². The Morgan fingerprint density at radius 2 is 1.60 bits per heavy atom. The van der Waals surface area contributed by atoms with Gasteiger partial charge in [0.2, 0.25) is 5.91 Å². The maximum absolute atomic E-state index is 13.4. The van der Waals surface area contributed by atoms with E-state index in [-0.39, 0.29) is 17.3 Å². The standard InChI is InChI=1S/C23H23BrN2O3S/c1-18-11-13-22(14-12-18)30(28,29)26(21-10-6-9-20(24)15-21)17-23(27)25(2)16-19-7-4-3-5-8-19/h3-15H,16-17H2,1-2H3. The third-order valence-corrected chi connectivity index (χ3v) is 6.95. The van der Waals surface area contributed by atoms with E-state index >= 15 is 0 Å². The molecule has 0 aliphatic carbocycles. The molecule has 3 aromatic rings. The van der Waals surface area contributed by atoms with Gasteiger partial charge >= 0.3 is 0 Å². The zero-order valence-corrected chi connectivity index (χ0v) is 19.2. The number of aryl methyl sites for hydroxylation is 1. The van der Waals surface area contributed by atoms with Gasteiger partial charge < -0.3 is 4.90 Å². The van der Waals surface area contributed by atoms with Crippen molar-refractivity contribution in [2.24, 2.45) is 0 Å². The van der Waals surface area contributed by atoms with Crippen LogP contribution in [0.5, 0.6) is 0 Å². The molecule has 0 aliphatic heterocycles. The normalized spacial score (nSPS) is 11.2. The number of rotatable bonds is 7. The highest BCUT2D eigenvalue weighted by Gasteiger charge is 2.28. The van der Waals surface area contributed by atoms with Crippen LogP contribution in [0.1, 0.15) is 11.1 Å². The van der Waals surface area contributed by atoms with E-state index in [1.807, 2.05) is 43.3 Å². The molecule has 0 aliphatic rings. The van der Waals surface area contributed by atoms with Gasteiger partial charge in [-0.1, -0.05) is 70.0 Å². The lowest BCUT2D eigenvalue weighted by Gasteiger charge is -2.27. The third kappa shape index (κ3) is 5.29.